The number of nitrogens with zero attached hydrogens (tertiary/aromatic N) is 1. The van der Waals surface area contributed by atoms with E-state index in [0.717, 1.165) is 5.69 Å². The van der Waals surface area contributed by atoms with Crippen molar-refractivity contribution >= 4 is 11.7 Å². The molecule has 1 aromatic carbocycles. The van der Waals surface area contributed by atoms with E-state index in [-0.39, 0.29) is 6.54 Å². The standard InChI is InChI=1S/C10H12NO3/c1-11(7-10(12)13)8-5-3-4-6-9(8)14-2/h4-6H,7H2,1-2H3,(H,12,13). The summed E-state index contributed by atoms with van der Waals surface area (Å²) in [5, 5.41) is 8.62. The Morgan fingerprint density at radius 3 is 3.00 bits per heavy atom. The fraction of sp³-hybridized carbons (Fsp3) is 0.300. The molecule has 0 bridgehead atoms. The van der Waals surface area contributed by atoms with E-state index in [9.17, 15) is 4.79 Å². The molecule has 0 heterocycles. The Morgan fingerprint density at radius 2 is 2.43 bits per heavy atom. The highest BCUT2D eigenvalue weighted by Gasteiger charge is 2.09. The number of carboxylic acid groups (broad SMARTS) is 1. The van der Waals surface area contributed by atoms with Crippen molar-refractivity contribution in [3.8, 4) is 5.75 Å². The molecule has 0 aliphatic heterocycles. The van der Waals surface area contributed by atoms with Gasteiger partial charge in [-0.05, 0) is 18.2 Å². The van der Waals surface area contributed by atoms with E-state index in [1.54, 1.807) is 37.3 Å². The van der Waals surface area contributed by atoms with Gasteiger partial charge in [0.2, 0.25) is 0 Å². The second-order valence-corrected chi connectivity index (χ2v) is 2.85. The minimum atomic E-state index is -0.876. The van der Waals surface area contributed by atoms with Crippen LogP contribution in [0.15, 0.2) is 18.2 Å². The Labute approximate surface area is 82.7 Å². The predicted molar refractivity (Wildman–Crippen MR) is 52.7 cm³/mol. The third kappa shape index (κ3) is 2.39. The Kier molecular flexibility index (Phi) is 3.34. The molecule has 0 aliphatic carbocycles. The van der Waals surface area contributed by atoms with Gasteiger partial charge in [0.1, 0.15) is 12.3 Å². The number of hydrogen-bond acceptors (Lipinski definition) is 3. The molecule has 1 rings (SSSR count). The van der Waals surface area contributed by atoms with Gasteiger partial charge in [-0.1, -0.05) is 6.07 Å². The lowest BCUT2D eigenvalue weighted by atomic mass is 10.2. The van der Waals surface area contributed by atoms with Gasteiger partial charge in [0, 0.05) is 7.05 Å². The number of benzene rings is 1. The van der Waals surface area contributed by atoms with Crippen LogP contribution in [-0.4, -0.2) is 31.8 Å². The lowest BCUT2D eigenvalue weighted by molar-refractivity contribution is -0.135. The number of hydrogen-bond donors (Lipinski definition) is 1. The Balaban J connectivity index is 2.87. The third-order valence-corrected chi connectivity index (χ3v) is 1.81. The van der Waals surface area contributed by atoms with Gasteiger partial charge >= 0.3 is 5.97 Å². The monoisotopic (exact) mass is 194 g/mol. The largest absolute Gasteiger partial charge is 0.495 e. The summed E-state index contributed by atoms with van der Waals surface area (Å²) in [5.74, 6) is -0.231. The van der Waals surface area contributed by atoms with E-state index in [4.69, 9.17) is 9.84 Å². The average molecular weight is 194 g/mol. The van der Waals surface area contributed by atoms with Crippen LogP contribution < -0.4 is 9.64 Å². The van der Waals surface area contributed by atoms with Crippen LogP contribution in [0.25, 0.3) is 0 Å². The predicted octanol–water partition coefficient (Wildman–Crippen LogP) is 1.02. The van der Waals surface area contributed by atoms with E-state index >= 15 is 0 Å². The van der Waals surface area contributed by atoms with E-state index < -0.39 is 5.97 Å². The zero-order chi connectivity index (χ0) is 10.6. The number of likely N-dealkylation sites (N-methyl/N-ethyl adjacent to an activating group) is 1. The molecule has 0 aliphatic rings. The molecule has 1 radical (unpaired) electrons. The molecule has 0 aromatic heterocycles. The summed E-state index contributed by atoms with van der Waals surface area (Å²) in [6.07, 6.45) is 0. The quantitative estimate of drug-likeness (QED) is 0.777. The zero-order valence-electron chi connectivity index (χ0n) is 8.15. The second-order valence-electron chi connectivity index (χ2n) is 2.85. The highest BCUT2D eigenvalue weighted by atomic mass is 16.5. The highest BCUT2D eigenvalue weighted by molar-refractivity contribution is 5.74. The molecule has 0 saturated carbocycles. The van der Waals surface area contributed by atoms with Crippen LogP contribution in [-0.2, 0) is 4.79 Å². The van der Waals surface area contributed by atoms with Crippen LogP contribution in [0.3, 0.4) is 0 Å². The van der Waals surface area contributed by atoms with E-state index in [1.165, 1.54) is 0 Å². The van der Waals surface area contributed by atoms with Crippen molar-refractivity contribution in [3.63, 3.8) is 0 Å². The summed E-state index contributed by atoms with van der Waals surface area (Å²) in [5.41, 5.74) is 0.720. The minimum absolute atomic E-state index is 0.0613. The molecule has 0 fully saturated rings. The topological polar surface area (TPSA) is 49.8 Å². The van der Waals surface area contributed by atoms with Crippen molar-refractivity contribution in [1.29, 1.82) is 0 Å². The molecule has 75 valence electrons. The lowest BCUT2D eigenvalue weighted by Crippen LogP contribution is -2.25. The van der Waals surface area contributed by atoms with Crippen LogP contribution in [0.2, 0.25) is 0 Å². The van der Waals surface area contributed by atoms with Crippen molar-refractivity contribution in [3.05, 3.63) is 24.3 Å². The molecule has 0 spiro atoms. The van der Waals surface area contributed by atoms with Gasteiger partial charge in [0.15, 0.2) is 0 Å². The molecule has 1 N–H and O–H groups in total. The molecule has 1 aromatic rings. The molecule has 0 unspecified atom stereocenters. The summed E-state index contributed by atoms with van der Waals surface area (Å²) in [6, 6.07) is 8.03. The number of aliphatic carboxylic acids is 1. The fourth-order valence-electron chi connectivity index (χ4n) is 1.17. The summed E-state index contributed by atoms with van der Waals surface area (Å²) < 4.78 is 5.09. The lowest BCUT2D eigenvalue weighted by Gasteiger charge is -2.19. The Morgan fingerprint density at radius 1 is 1.71 bits per heavy atom. The zero-order valence-corrected chi connectivity index (χ0v) is 8.15. The van der Waals surface area contributed by atoms with Crippen molar-refractivity contribution in [2.45, 2.75) is 0 Å². The van der Waals surface area contributed by atoms with Crippen molar-refractivity contribution in [1.82, 2.24) is 0 Å². The fourth-order valence-corrected chi connectivity index (χ4v) is 1.17. The summed E-state index contributed by atoms with van der Waals surface area (Å²) in [6.45, 7) is -0.0613. The van der Waals surface area contributed by atoms with Crippen molar-refractivity contribution in [2.75, 3.05) is 25.6 Å². The molecule has 4 nitrogen and oxygen atoms in total. The number of ether oxygens (including phenoxy) is 1. The van der Waals surface area contributed by atoms with Crippen molar-refractivity contribution < 1.29 is 14.6 Å². The molecule has 14 heavy (non-hydrogen) atoms. The average Bonchev–Trinajstić information content (AvgIpc) is 2.16. The van der Waals surface area contributed by atoms with Crippen LogP contribution >= 0.6 is 0 Å². The molecule has 4 heteroatoms. The van der Waals surface area contributed by atoms with E-state index in [2.05, 4.69) is 6.07 Å². The van der Waals surface area contributed by atoms with Crippen molar-refractivity contribution in [2.24, 2.45) is 0 Å². The van der Waals surface area contributed by atoms with Gasteiger partial charge in [-0.25, -0.2) is 0 Å². The first-order valence-corrected chi connectivity index (χ1v) is 4.12. The van der Waals surface area contributed by atoms with Crippen LogP contribution in [0.1, 0.15) is 0 Å². The molecule has 0 atom stereocenters. The van der Waals surface area contributed by atoms with Crippen LogP contribution in [0.5, 0.6) is 5.75 Å². The first-order valence-electron chi connectivity index (χ1n) is 4.12. The maximum atomic E-state index is 10.5. The molecule has 0 amide bonds. The third-order valence-electron chi connectivity index (χ3n) is 1.81. The highest BCUT2D eigenvalue weighted by Crippen LogP contribution is 2.25. The maximum Gasteiger partial charge on any atom is 0.323 e. The smallest absolute Gasteiger partial charge is 0.323 e. The minimum Gasteiger partial charge on any atom is -0.495 e. The van der Waals surface area contributed by atoms with Gasteiger partial charge in [0.25, 0.3) is 0 Å². The SMILES string of the molecule is COc1cc[c]cc1N(C)CC(=O)O. The summed E-state index contributed by atoms with van der Waals surface area (Å²) in [7, 11) is 3.24. The van der Waals surface area contributed by atoms with Gasteiger partial charge in [0.05, 0.1) is 12.8 Å². The maximum absolute atomic E-state index is 10.5. The van der Waals surface area contributed by atoms with Gasteiger partial charge in [-0.3, -0.25) is 4.79 Å². The molecular weight excluding hydrogens is 182 g/mol. The molecule has 0 saturated heterocycles. The number of rotatable bonds is 4. The van der Waals surface area contributed by atoms with Crippen LogP contribution in [0, 0.1) is 6.07 Å². The van der Waals surface area contributed by atoms with Gasteiger partial charge < -0.3 is 14.7 Å². The van der Waals surface area contributed by atoms with E-state index in [1.807, 2.05) is 0 Å². The number of carbonyl (C=O) groups is 1. The number of anilines is 1. The van der Waals surface area contributed by atoms with Crippen LogP contribution in [0.4, 0.5) is 5.69 Å². The van der Waals surface area contributed by atoms with Gasteiger partial charge in [-0.2, -0.15) is 0 Å². The summed E-state index contributed by atoms with van der Waals surface area (Å²) >= 11 is 0. The first kappa shape index (κ1) is 10.4. The summed E-state index contributed by atoms with van der Waals surface area (Å²) in [4.78, 5) is 12.1. The van der Waals surface area contributed by atoms with E-state index in [0.29, 0.717) is 5.75 Å². The Bertz CT molecular complexity index is 325. The number of methoxy groups -OCH3 is 1. The Hall–Kier alpha value is -1.71. The molecular formula is C10H12NO3. The van der Waals surface area contributed by atoms with Gasteiger partial charge in [-0.15, -0.1) is 0 Å². The first-order chi connectivity index (χ1) is 6.65. The normalized spacial score (nSPS) is 9.57. The number of carboxylic acids is 1. The second kappa shape index (κ2) is 4.50.